The zero-order chi connectivity index (χ0) is 23.6. The minimum Gasteiger partial charge on any atom is -0.478 e. The van der Waals surface area contributed by atoms with E-state index in [-0.39, 0.29) is 25.4 Å². The molecule has 4 bridgehead atoms. The maximum atomic E-state index is 12.9. The first-order chi connectivity index (χ1) is 15.7. The van der Waals surface area contributed by atoms with Crippen molar-refractivity contribution in [1.82, 2.24) is 14.6 Å². The van der Waals surface area contributed by atoms with Crippen LogP contribution in [-0.2, 0) is 19.5 Å². The second-order valence-electron chi connectivity index (χ2n) is 9.59. The van der Waals surface area contributed by atoms with Crippen LogP contribution >= 0.6 is 0 Å². The Morgan fingerprint density at radius 1 is 1.12 bits per heavy atom. The van der Waals surface area contributed by atoms with Crippen LogP contribution in [0.4, 0.5) is 4.79 Å². The molecule has 33 heavy (non-hydrogen) atoms. The summed E-state index contributed by atoms with van der Waals surface area (Å²) in [6, 6.07) is 3.09. The summed E-state index contributed by atoms with van der Waals surface area (Å²) in [5.41, 5.74) is 2.18. The Balaban J connectivity index is 1.53. The van der Waals surface area contributed by atoms with E-state index in [1.807, 2.05) is 19.9 Å². The molecule has 10 heteroatoms. The van der Waals surface area contributed by atoms with Crippen LogP contribution in [0.3, 0.4) is 0 Å². The van der Waals surface area contributed by atoms with Gasteiger partial charge in [-0.25, -0.2) is 22.9 Å². The number of ether oxygens (including phenoxy) is 3. The first-order valence-electron chi connectivity index (χ1n) is 11.8. The van der Waals surface area contributed by atoms with Gasteiger partial charge in [0.15, 0.2) is 0 Å². The first kappa shape index (κ1) is 24.2. The van der Waals surface area contributed by atoms with Crippen molar-refractivity contribution in [2.24, 2.45) is 0 Å². The summed E-state index contributed by atoms with van der Waals surface area (Å²) in [5, 5.41) is 0. The Morgan fingerprint density at radius 3 is 2.58 bits per heavy atom. The highest BCUT2D eigenvalue weighted by atomic mass is 32.2. The molecule has 1 saturated heterocycles. The van der Waals surface area contributed by atoms with E-state index in [0.717, 1.165) is 43.2 Å². The third-order valence-electron chi connectivity index (χ3n) is 6.79. The fourth-order valence-corrected chi connectivity index (χ4v) is 6.05. The monoisotopic (exact) mass is 481 g/mol. The van der Waals surface area contributed by atoms with Crippen LogP contribution in [0.2, 0.25) is 0 Å². The maximum Gasteiger partial charge on any atom is 0.410 e. The number of rotatable bonds is 2. The van der Waals surface area contributed by atoms with Crippen LogP contribution in [0.15, 0.2) is 12.1 Å². The number of nitrogens with zero attached hydrogens (tertiary/aromatic N) is 2. The second kappa shape index (κ2) is 10.1. The van der Waals surface area contributed by atoms with Crippen molar-refractivity contribution in [3.05, 3.63) is 23.4 Å². The molecule has 5 rings (SSSR count). The highest BCUT2D eigenvalue weighted by molar-refractivity contribution is 7.88. The molecule has 4 heterocycles. The van der Waals surface area contributed by atoms with E-state index in [1.54, 1.807) is 4.90 Å². The number of pyridine rings is 1. The Morgan fingerprint density at radius 2 is 1.85 bits per heavy atom. The van der Waals surface area contributed by atoms with Crippen molar-refractivity contribution in [2.75, 3.05) is 26.1 Å². The fraction of sp³-hybridized carbons (Fsp3) is 0.739. The number of carbonyl (C=O) groups excluding carboxylic acids is 1. The quantitative estimate of drug-likeness (QED) is 0.692. The number of aromatic nitrogens is 1. The zero-order valence-corrected chi connectivity index (χ0v) is 20.5. The van der Waals surface area contributed by atoms with Crippen molar-refractivity contribution in [3.63, 3.8) is 0 Å². The van der Waals surface area contributed by atoms with Gasteiger partial charge in [-0.2, -0.15) is 0 Å². The van der Waals surface area contributed by atoms with Crippen LogP contribution in [-0.4, -0.2) is 74.7 Å². The molecule has 1 amide bonds. The van der Waals surface area contributed by atoms with Gasteiger partial charge in [0.05, 0.1) is 38.2 Å². The topological polar surface area (TPSA) is 107 Å². The minimum absolute atomic E-state index is 0.0742. The molecule has 0 unspecified atom stereocenters. The van der Waals surface area contributed by atoms with Crippen molar-refractivity contribution >= 4 is 16.1 Å². The molecule has 1 N–H and O–H groups in total. The Bertz CT molecular complexity index is 948. The summed E-state index contributed by atoms with van der Waals surface area (Å²) in [5.74, 6) is 0.984. The summed E-state index contributed by atoms with van der Waals surface area (Å²) >= 11 is 0. The standard InChI is InChI=1S/C23H35N3O6S/c1-15-11-19-17-5-7-18(8-6-17)32-14-21-20(25-33(3,28)29)13-16(2)26(21)23(27)31-10-4-9-30-22(12-15)24-19/h11-12,16-18,20-21,25H,4-10,13-14H2,1-3H3/t16-,17?,18?,20+,21+/m1/s1. The van der Waals surface area contributed by atoms with E-state index >= 15 is 0 Å². The van der Waals surface area contributed by atoms with Crippen molar-refractivity contribution in [3.8, 4) is 5.88 Å². The van der Waals surface area contributed by atoms with Gasteiger partial charge in [-0.3, -0.25) is 4.90 Å². The molecule has 0 spiro atoms. The summed E-state index contributed by atoms with van der Waals surface area (Å²) in [6.45, 7) is 4.85. The summed E-state index contributed by atoms with van der Waals surface area (Å²) in [6.07, 6.45) is 5.56. The number of fused-ring (bicyclic) bond motifs is 8. The number of amides is 1. The number of hydrogen-bond acceptors (Lipinski definition) is 7. The lowest BCUT2D eigenvalue weighted by Gasteiger charge is -2.33. The molecular formula is C23H35N3O6S. The number of sulfonamides is 1. The van der Waals surface area contributed by atoms with Gasteiger partial charge in [0.1, 0.15) is 0 Å². The molecule has 1 aliphatic carbocycles. The van der Waals surface area contributed by atoms with E-state index < -0.39 is 28.2 Å². The number of hydrogen-bond donors (Lipinski definition) is 1. The SMILES string of the molecule is Cc1cc2nc(c1)C1CCC(CC1)OC[C@H]1[C@@H](NS(C)(=O)=O)C[C@@H](C)N1C(=O)OCCCO2. The summed E-state index contributed by atoms with van der Waals surface area (Å²) in [7, 11) is -3.42. The lowest BCUT2D eigenvalue weighted by Crippen LogP contribution is -2.50. The second-order valence-corrected chi connectivity index (χ2v) is 11.4. The highest BCUT2D eigenvalue weighted by Crippen LogP contribution is 2.35. The van der Waals surface area contributed by atoms with Gasteiger partial charge in [-0.15, -0.1) is 0 Å². The van der Waals surface area contributed by atoms with E-state index in [2.05, 4.69) is 10.8 Å². The average Bonchev–Trinajstić information content (AvgIpc) is 3.04. The van der Waals surface area contributed by atoms with Gasteiger partial charge in [-0.05, 0) is 57.6 Å². The van der Waals surface area contributed by atoms with Gasteiger partial charge < -0.3 is 14.2 Å². The molecule has 1 saturated carbocycles. The van der Waals surface area contributed by atoms with Crippen molar-refractivity contribution in [1.29, 1.82) is 0 Å². The van der Waals surface area contributed by atoms with Gasteiger partial charge in [-0.1, -0.05) is 0 Å². The summed E-state index contributed by atoms with van der Waals surface area (Å²) in [4.78, 5) is 19.3. The zero-order valence-electron chi connectivity index (χ0n) is 19.7. The Kier molecular flexibility index (Phi) is 7.45. The highest BCUT2D eigenvalue weighted by Gasteiger charge is 2.44. The van der Waals surface area contributed by atoms with E-state index in [1.165, 1.54) is 0 Å². The molecule has 0 aromatic carbocycles. The van der Waals surface area contributed by atoms with Crippen LogP contribution in [0.5, 0.6) is 5.88 Å². The third kappa shape index (κ3) is 6.16. The Labute approximate surface area is 196 Å². The molecule has 4 aliphatic rings. The molecule has 0 radical (unpaired) electrons. The molecular weight excluding hydrogens is 446 g/mol. The molecule has 184 valence electrons. The normalized spacial score (nSPS) is 31.4. The van der Waals surface area contributed by atoms with Crippen LogP contribution < -0.4 is 9.46 Å². The van der Waals surface area contributed by atoms with Gasteiger partial charge in [0.2, 0.25) is 15.9 Å². The van der Waals surface area contributed by atoms with Gasteiger partial charge >= 0.3 is 6.09 Å². The van der Waals surface area contributed by atoms with Gasteiger partial charge in [0.25, 0.3) is 0 Å². The maximum absolute atomic E-state index is 12.9. The lowest BCUT2D eigenvalue weighted by atomic mass is 9.84. The average molecular weight is 482 g/mol. The van der Waals surface area contributed by atoms with E-state index in [4.69, 9.17) is 19.2 Å². The predicted octanol–water partition coefficient (Wildman–Crippen LogP) is 2.73. The smallest absolute Gasteiger partial charge is 0.410 e. The number of carbonyl (C=O) groups is 1. The fourth-order valence-electron chi connectivity index (χ4n) is 5.25. The van der Waals surface area contributed by atoms with Crippen LogP contribution in [0, 0.1) is 6.92 Å². The minimum atomic E-state index is -3.42. The number of nitrogens with one attached hydrogen (secondary N) is 1. The molecule has 1 aromatic rings. The first-order valence-corrected chi connectivity index (χ1v) is 13.7. The van der Waals surface area contributed by atoms with Crippen molar-refractivity contribution in [2.45, 2.75) is 82.5 Å². The molecule has 1 aromatic heterocycles. The van der Waals surface area contributed by atoms with Crippen LogP contribution in [0.1, 0.15) is 62.6 Å². The Hall–Kier alpha value is -1.91. The number of aryl methyl sites for hydroxylation is 1. The predicted molar refractivity (Wildman–Crippen MR) is 123 cm³/mol. The molecule has 2 fully saturated rings. The van der Waals surface area contributed by atoms with E-state index in [0.29, 0.717) is 31.2 Å². The van der Waals surface area contributed by atoms with Crippen molar-refractivity contribution < 1.29 is 27.4 Å². The molecule has 3 aliphatic heterocycles. The largest absolute Gasteiger partial charge is 0.478 e. The lowest BCUT2D eigenvalue weighted by molar-refractivity contribution is -0.0107. The van der Waals surface area contributed by atoms with E-state index in [9.17, 15) is 13.2 Å². The van der Waals surface area contributed by atoms with Gasteiger partial charge in [0, 0.05) is 36.2 Å². The van der Waals surface area contributed by atoms with Crippen LogP contribution in [0.25, 0.3) is 0 Å². The molecule has 3 atom stereocenters. The third-order valence-corrected chi connectivity index (χ3v) is 7.52. The molecule has 9 nitrogen and oxygen atoms in total. The summed E-state index contributed by atoms with van der Waals surface area (Å²) < 4.78 is 44.2.